The first-order valence-corrected chi connectivity index (χ1v) is 10.0. The van der Waals surface area contributed by atoms with E-state index in [0.717, 1.165) is 44.9 Å². The smallest absolute Gasteiger partial charge is 0.255 e. The third kappa shape index (κ3) is 3.76. The van der Waals surface area contributed by atoms with Crippen molar-refractivity contribution in [1.82, 2.24) is 15.1 Å². The molecule has 2 atom stereocenters. The largest absolute Gasteiger partial charge is 0.380 e. The Balaban J connectivity index is 1.43. The van der Waals surface area contributed by atoms with Crippen molar-refractivity contribution in [3.05, 3.63) is 24.0 Å². The minimum absolute atomic E-state index is 0.0408. The van der Waals surface area contributed by atoms with Gasteiger partial charge in [-0.2, -0.15) is 10.2 Å². The van der Waals surface area contributed by atoms with E-state index in [2.05, 4.69) is 10.2 Å². The summed E-state index contributed by atoms with van der Waals surface area (Å²) < 4.78 is 12.3. The van der Waals surface area contributed by atoms with Gasteiger partial charge in [0.1, 0.15) is 0 Å². The molecular formula is C20H29N3O3. The quantitative estimate of drug-likeness (QED) is 0.809. The molecule has 4 rings (SSSR count). The van der Waals surface area contributed by atoms with Crippen LogP contribution in [0.15, 0.2) is 18.5 Å². The summed E-state index contributed by atoms with van der Waals surface area (Å²) in [6, 6.07) is 1.74. The Morgan fingerprint density at radius 1 is 1.27 bits per heavy atom. The molecule has 2 aliphatic heterocycles. The number of hydrogen-bond donors (Lipinski definition) is 0. The number of nitrogens with zero attached hydrogens (tertiary/aromatic N) is 3. The molecule has 0 radical (unpaired) electrons. The summed E-state index contributed by atoms with van der Waals surface area (Å²) in [6.45, 7) is 3.83. The van der Waals surface area contributed by atoms with Crippen LogP contribution in [0.1, 0.15) is 55.3 Å². The molecule has 6 heteroatoms. The Morgan fingerprint density at radius 3 is 2.96 bits per heavy atom. The molecule has 3 fully saturated rings. The summed E-state index contributed by atoms with van der Waals surface area (Å²) in [4.78, 5) is 14.8. The van der Waals surface area contributed by atoms with E-state index in [1.54, 1.807) is 18.5 Å². The van der Waals surface area contributed by atoms with E-state index in [0.29, 0.717) is 18.7 Å². The van der Waals surface area contributed by atoms with Gasteiger partial charge in [0, 0.05) is 31.7 Å². The lowest BCUT2D eigenvalue weighted by Gasteiger charge is -2.50. The van der Waals surface area contributed by atoms with Crippen molar-refractivity contribution in [2.75, 3.05) is 32.9 Å². The van der Waals surface area contributed by atoms with E-state index >= 15 is 0 Å². The van der Waals surface area contributed by atoms with Gasteiger partial charge in [-0.05, 0) is 44.1 Å². The molecule has 3 heterocycles. The standard InChI is InChI=1S/C20H29N3O3/c24-19(17-6-9-21-22-12-17)23-10-7-18-20(14-23,8-3-11-26-18)15-25-13-16-4-1-2-5-16/h6,9,12,16,18H,1-5,7-8,10-11,13-15H2/t18-,20-/m0/s1. The number of hydrogen-bond acceptors (Lipinski definition) is 5. The Bertz CT molecular complexity index is 606. The normalized spacial score (nSPS) is 29.5. The Morgan fingerprint density at radius 2 is 2.15 bits per heavy atom. The average molecular weight is 359 g/mol. The molecule has 0 N–H and O–H groups in total. The number of aromatic nitrogens is 2. The van der Waals surface area contributed by atoms with Gasteiger partial charge < -0.3 is 14.4 Å². The van der Waals surface area contributed by atoms with Gasteiger partial charge in [0.15, 0.2) is 0 Å². The topological polar surface area (TPSA) is 64.6 Å². The third-order valence-electron chi connectivity index (χ3n) is 6.32. The monoisotopic (exact) mass is 359 g/mol. The van der Waals surface area contributed by atoms with Crippen LogP contribution in [0.4, 0.5) is 0 Å². The highest BCUT2D eigenvalue weighted by molar-refractivity contribution is 5.93. The van der Waals surface area contributed by atoms with Crippen LogP contribution in [0.25, 0.3) is 0 Å². The lowest BCUT2D eigenvalue weighted by molar-refractivity contribution is -0.148. The van der Waals surface area contributed by atoms with Gasteiger partial charge in [-0.1, -0.05) is 12.8 Å². The Labute approximate surface area is 155 Å². The lowest BCUT2D eigenvalue weighted by Crippen LogP contribution is -2.58. The van der Waals surface area contributed by atoms with Gasteiger partial charge in [-0.3, -0.25) is 4.79 Å². The molecule has 1 aromatic heterocycles. The van der Waals surface area contributed by atoms with E-state index in [1.165, 1.54) is 25.7 Å². The average Bonchev–Trinajstić information content (AvgIpc) is 3.21. The van der Waals surface area contributed by atoms with Crippen molar-refractivity contribution in [3.63, 3.8) is 0 Å². The molecule has 1 saturated carbocycles. The second kappa shape index (κ2) is 8.01. The molecule has 2 saturated heterocycles. The fourth-order valence-electron chi connectivity index (χ4n) is 4.88. The molecule has 1 amide bonds. The van der Waals surface area contributed by atoms with Gasteiger partial charge in [0.05, 0.1) is 30.7 Å². The molecule has 26 heavy (non-hydrogen) atoms. The van der Waals surface area contributed by atoms with Gasteiger partial charge in [0.2, 0.25) is 0 Å². The molecular weight excluding hydrogens is 330 g/mol. The van der Waals surface area contributed by atoms with Crippen LogP contribution < -0.4 is 0 Å². The van der Waals surface area contributed by atoms with E-state index in [4.69, 9.17) is 9.47 Å². The number of fused-ring (bicyclic) bond motifs is 1. The van der Waals surface area contributed by atoms with Crippen molar-refractivity contribution < 1.29 is 14.3 Å². The number of carbonyl (C=O) groups excluding carboxylic acids is 1. The number of carbonyl (C=O) groups is 1. The zero-order valence-electron chi connectivity index (χ0n) is 15.4. The fourth-order valence-corrected chi connectivity index (χ4v) is 4.88. The molecule has 142 valence electrons. The minimum atomic E-state index is -0.0643. The highest BCUT2D eigenvalue weighted by Crippen LogP contribution is 2.41. The number of piperidine rings is 1. The Kier molecular flexibility index (Phi) is 5.50. The summed E-state index contributed by atoms with van der Waals surface area (Å²) in [5, 5.41) is 7.62. The number of rotatable bonds is 5. The molecule has 0 unspecified atom stereocenters. The molecule has 3 aliphatic rings. The van der Waals surface area contributed by atoms with Gasteiger partial charge in [-0.25, -0.2) is 0 Å². The molecule has 6 nitrogen and oxygen atoms in total. The van der Waals surface area contributed by atoms with Crippen LogP contribution in [0.5, 0.6) is 0 Å². The number of likely N-dealkylation sites (tertiary alicyclic amines) is 1. The number of amides is 1. The predicted molar refractivity (Wildman–Crippen MR) is 96.7 cm³/mol. The SMILES string of the molecule is O=C(c1ccnnc1)N1CC[C@@H]2OCCC[C@@]2(COCC2CCCC2)C1. The maximum absolute atomic E-state index is 12.9. The summed E-state index contributed by atoms with van der Waals surface area (Å²) in [5.41, 5.74) is 0.544. The van der Waals surface area contributed by atoms with Crippen molar-refractivity contribution in [3.8, 4) is 0 Å². The maximum atomic E-state index is 12.9. The van der Waals surface area contributed by atoms with Crippen LogP contribution in [0.3, 0.4) is 0 Å². The van der Waals surface area contributed by atoms with Crippen LogP contribution >= 0.6 is 0 Å². The molecule has 1 aromatic rings. The van der Waals surface area contributed by atoms with E-state index in [9.17, 15) is 4.79 Å². The summed E-state index contributed by atoms with van der Waals surface area (Å²) in [7, 11) is 0. The molecule has 0 bridgehead atoms. The molecule has 1 aliphatic carbocycles. The second-order valence-electron chi connectivity index (χ2n) is 8.14. The van der Waals surface area contributed by atoms with E-state index in [-0.39, 0.29) is 17.4 Å². The molecule has 0 aromatic carbocycles. The molecule has 0 spiro atoms. The van der Waals surface area contributed by atoms with Crippen molar-refractivity contribution in [2.45, 2.75) is 51.0 Å². The van der Waals surface area contributed by atoms with Crippen molar-refractivity contribution in [2.24, 2.45) is 11.3 Å². The maximum Gasteiger partial charge on any atom is 0.255 e. The highest BCUT2D eigenvalue weighted by Gasteiger charge is 2.47. The first-order valence-electron chi connectivity index (χ1n) is 10.0. The van der Waals surface area contributed by atoms with Gasteiger partial charge >= 0.3 is 0 Å². The Hall–Kier alpha value is -1.53. The van der Waals surface area contributed by atoms with Gasteiger partial charge in [0.25, 0.3) is 5.91 Å². The summed E-state index contributed by atoms with van der Waals surface area (Å²) >= 11 is 0. The first-order chi connectivity index (χ1) is 12.8. The zero-order valence-corrected chi connectivity index (χ0v) is 15.4. The van der Waals surface area contributed by atoms with Crippen molar-refractivity contribution >= 4 is 5.91 Å². The van der Waals surface area contributed by atoms with Crippen LogP contribution in [0, 0.1) is 11.3 Å². The number of ether oxygens (including phenoxy) is 2. The lowest BCUT2D eigenvalue weighted by atomic mass is 9.73. The second-order valence-corrected chi connectivity index (χ2v) is 8.14. The fraction of sp³-hybridized carbons (Fsp3) is 0.750. The van der Waals surface area contributed by atoms with Gasteiger partial charge in [-0.15, -0.1) is 0 Å². The van der Waals surface area contributed by atoms with Crippen LogP contribution in [-0.4, -0.2) is 60.0 Å². The van der Waals surface area contributed by atoms with E-state index < -0.39 is 0 Å². The minimum Gasteiger partial charge on any atom is -0.380 e. The summed E-state index contributed by atoms with van der Waals surface area (Å²) in [5.74, 6) is 0.762. The third-order valence-corrected chi connectivity index (χ3v) is 6.32. The summed E-state index contributed by atoms with van der Waals surface area (Å²) in [6.07, 6.45) is 11.6. The predicted octanol–water partition coefficient (Wildman–Crippen LogP) is 2.69. The van der Waals surface area contributed by atoms with Crippen molar-refractivity contribution in [1.29, 1.82) is 0 Å². The zero-order chi connectivity index (χ0) is 17.8. The van der Waals surface area contributed by atoms with E-state index in [1.807, 2.05) is 4.90 Å². The van der Waals surface area contributed by atoms with Crippen LogP contribution in [0.2, 0.25) is 0 Å². The highest BCUT2D eigenvalue weighted by atomic mass is 16.5. The first kappa shape index (κ1) is 17.9. The van der Waals surface area contributed by atoms with Crippen LogP contribution in [-0.2, 0) is 9.47 Å².